The molecule has 0 saturated carbocycles. The van der Waals surface area contributed by atoms with Gasteiger partial charge in [0.2, 0.25) is 23.6 Å². The van der Waals surface area contributed by atoms with Gasteiger partial charge in [-0.1, -0.05) is 66.7 Å². The van der Waals surface area contributed by atoms with E-state index in [1.807, 2.05) is 146 Å². The molecule has 2 aliphatic rings. The van der Waals surface area contributed by atoms with Crippen molar-refractivity contribution in [3.63, 3.8) is 0 Å². The van der Waals surface area contributed by atoms with Crippen LogP contribution in [0.3, 0.4) is 0 Å². The number of carbonyl (C=O) groups excluding carboxylic acids is 3. The Morgan fingerprint density at radius 2 is 1.40 bits per heavy atom. The topological polar surface area (TPSA) is 131 Å². The number of aromatic amines is 1. The fraction of sp³-hybridized carbons (Fsp3) is 0.311. The Morgan fingerprint density at radius 1 is 0.754 bits per heavy atom. The van der Waals surface area contributed by atoms with Crippen molar-refractivity contribution in [3.05, 3.63) is 126 Å². The summed E-state index contributed by atoms with van der Waals surface area (Å²) in [4.78, 5) is 62.1. The van der Waals surface area contributed by atoms with Gasteiger partial charge >= 0.3 is 0 Å². The largest absolute Gasteiger partial charge is 0.436 e. The number of carbonyl (C=O) groups is 3. The number of hydrogen-bond acceptors (Lipinski definition) is 8. The minimum absolute atomic E-state index is 0.0697. The molecule has 0 radical (unpaired) electrons. The van der Waals surface area contributed by atoms with E-state index in [2.05, 4.69) is 15.3 Å². The first-order valence-electron chi connectivity index (χ1n) is 19.6. The summed E-state index contributed by atoms with van der Waals surface area (Å²) in [5, 5.41) is 3.05. The summed E-state index contributed by atoms with van der Waals surface area (Å²) in [5.74, 6) is 1.54. The van der Waals surface area contributed by atoms with E-state index in [9.17, 15) is 14.4 Å². The molecule has 0 aliphatic carbocycles. The lowest BCUT2D eigenvalue weighted by molar-refractivity contribution is -0.140. The Kier molecular flexibility index (Phi) is 10.7. The molecule has 0 spiro atoms. The van der Waals surface area contributed by atoms with E-state index in [4.69, 9.17) is 9.40 Å². The first-order chi connectivity index (χ1) is 27.7. The van der Waals surface area contributed by atoms with Crippen LogP contribution in [0.25, 0.3) is 33.8 Å². The highest BCUT2D eigenvalue weighted by atomic mass is 16.4. The number of fused-ring (bicyclic) bond motifs is 1. The van der Waals surface area contributed by atoms with Crippen LogP contribution in [0.1, 0.15) is 60.8 Å². The number of amides is 3. The molecule has 292 valence electrons. The second kappa shape index (κ2) is 16.2. The van der Waals surface area contributed by atoms with Crippen LogP contribution in [-0.4, -0.2) is 99.6 Å². The average Bonchev–Trinajstić information content (AvgIpc) is 4.05. The monoisotopic (exact) mass is 764 g/mol. The highest BCUT2D eigenvalue weighted by Gasteiger charge is 2.39. The number of nitrogens with one attached hydrogen (secondary N) is 2. The Balaban J connectivity index is 0.961. The highest BCUT2D eigenvalue weighted by molar-refractivity contribution is 5.98. The maximum atomic E-state index is 14.0. The summed E-state index contributed by atoms with van der Waals surface area (Å²) in [6.07, 6.45) is 4.79. The molecule has 2 aromatic heterocycles. The Hall–Kier alpha value is -6.11. The van der Waals surface area contributed by atoms with Crippen LogP contribution in [0.15, 0.2) is 114 Å². The van der Waals surface area contributed by atoms with Crippen LogP contribution in [0.2, 0.25) is 0 Å². The Labute approximate surface area is 332 Å². The molecule has 12 nitrogen and oxygen atoms in total. The van der Waals surface area contributed by atoms with Crippen molar-refractivity contribution >= 4 is 34.4 Å². The molecule has 3 amide bonds. The van der Waals surface area contributed by atoms with Gasteiger partial charge in [0.1, 0.15) is 23.9 Å². The fourth-order valence-electron chi connectivity index (χ4n) is 8.36. The number of likely N-dealkylation sites (tertiary alicyclic amines) is 2. The molecule has 4 aromatic carbocycles. The smallest absolute Gasteiger partial charge is 0.247 e. The first-order valence-corrected chi connectivity index (χ1v) is 19.6. The standard InChI is InChI=1S/C45H48N8O4/c1-50(2)39(29-14-7-5-8-15-29)44(55)52-24-12-20-36(52)41-48-34-23-22-31(27-35(34)49-41)38-28-46-43(57-38)32-18-11-19-33(26-32)47-42(54)37-21-13-25-53(37)45(56)40(51(3)4)30-16-9-6-10-17-30/h5-11,14-19,22-23,26-28,36-37,39-40H,12-13,20-21,24-25H2,1-4H3,(H,47,54)(H,48,49)/t36-,37+,39-,40+/m0/s1. The predicted octanol–water partition coefficient (Wildman–Crippen LogP) is 7.08. The summed E-state index contributed by atoms with van der Waals surface area (Å²) in [6, 6.07) is 31.3. The van der Waals surface area contributed by atoms with Crippen molar-refractivity contribution in [1.82, 2.24) is 34.6 Å². The van der Waals surface area contributed by atoms with Crippen molar-refractivity contribution in [2.45, 2.75) is 49.9 Å². The third-order valence-electron chi connectivity index (χ3n) is 11.1. The van der Waals surface area contributed by atoms with Gasteiger partial charge < -0.3 is 24.5 Å². The van der Waals surface area contributed by atoms with Gasteiger partial charge in [0.05, 0.1) is 23.3 Å². The SMILES string of the molecule is CN(C)[C@H](C(=O)N1CCC[C@H]1c1nc2ccc(-c3cnc(-c4cccc(NC(=O)[C@H]5CCCN5C(=O)[C@@H](c5ccccc5)N(C)C)c4)o3)cc2[nH]1)c1ccccc1. The summed E-state index contributed by atoms with van der Waals surface area (Å²) in [5.41, 5.74) is 5.65. The van der Waals surface area contributed by atoms with E-state index < -0.39 is 12.1 Å². The summed E-state index contributed by atoms with van der Waals surface area (Å²) in [6.45, 7) is 1.21. The van der Waals surface area contributed by atoms with Crippen molar-refractivity contribution in [2.75, 3.05) is 46.6 Å². The zero-order valence-corrected chi connectivity index (χ0v) is 32.8. The molecule has 0 bridgehead atoms. The van der Waals surface area contributed by atoms with E-state index in [1.54, 1.807) is 11.1 Å². The van der Waals surface area contributed by atoms with Crippen molar-refractivity contribution in [3.8, 4) is 22.8 Å². The summed E-state index contributed by atoms with van der Waals surface area (Å²) < 4.78 is 6.28. The summed E-state index contributed by atoms with van der Waals surface area (Å²) >= 11 is 0. The molecule has 4 heterocycles. The van der Waals surface area contributed by atoms with Gasteiger partial charge in [0, 0.05) is 29.9 Å². The lowest BCUT2D eigenvalue weighted by atomic mass is 10.0. The van der Waals surface area contributed by atoms with Gasteiger partial charge in [-0.25, -0.2) is 9.97 Å². The molecule has 4 atom stereocenters. The minimum atomic E-state index is -0.569. The first kappa shape index (κ1) is 37.8. The second-order valence-electron chi connectivity index (χ2n) is 15.4. The molecule has 2 N–H and O–H groups in total. The van der Waals surface area contributed by atoms with Crippen LogP contribution in [0.5, 0.6) is 0 Å². The molecule has 57 heavy (non-hydrogen) atoms. The van der Waals surface area contributed by atoms with Crippen LogP contribution < -0.4 is 5.32 Å². The fourth-order valence-corrected chi connectivity index (χ4v) is 8.36. The molecule has 8 rings (SSSR count). The normalized spacial score (nSPS) is 18.1. The van der Waals surface area contributed by atoms with E-state index >= 15 is 0 Å². The summed E-state index contributed by atoms with van der Waals surface area (Å²) in [7, 11) is 7.65. The molecule has 2 fully saturated rings. The van der Waals surface area contributed by atoms with E-state index in [1.165, 1.54) is 0 Å². The molecule has 2 aliphatic heterocycles. The third kappa shape index (κ3) is 7.70. The Morgan fingerprint density at radius 3 is 2.09 bits per heavy atom. The van der Waals surface area contributed by atoms with Gasteiger partial charge in [-0.2, -0.15) is 0 Å². The van der Waals surface area contributed by atoms with Gasteiger partial charge in [-0.05, 0) is 101 Å². The number of aromatic nitrogens is 3. The number of anilines is 1. The maximum Gasteiger partial charge on any atom is 0.247 e. The van der Waals surface area contributed by atoms with Crippen LogP contribution >= 0.6 is 0 Å². The molecular weight excluding hydrogens is 717 g/mol. The molecule has 2 saturated heterocycles. The molecule has 6 aromatic rings. The lowest BCUT2D eigenvalue weighted by Gasteiger charge is -2.31. The number of likely N-dealkylation sites (N-methyl/N-ethyl adjacent to an activating group) is 2. The predicted molar refractivity (Wildman–Crippen MR) is 220 cm³/mol. The van der Waals surface area contributed by atoms with Gasteiger partial charge in [-0.15, -0.1) is 0 Å². The molecule has 12 heteroatoms. The lowest BCUT2D eigenvalue weighted by Crippen LogP contribution is -2.47. The number of benzene rings is 4. The molecular formula is C45H48N8O4. The average molecular weight is 765 g/mol. The van der Waals surface area contributed by atoms with Crippen LogP contribution in [0, 0.1) is 0 Å². The minimum Gasteiger partial charge on any atom is -0.436 e. The quantitative estimate of drug-likeness (QED) is 0.143. The van der Waals surface area contributed by atoms with Gasteiger partial charge in [-0.3, -0.25) is 24.2 Å². The number of hydrogen-bond donors (Lipinski definition) is 2. The zero-order chi connectivity index (χ0) is 39.6. The number of imidazole rings is 1. The van der Waals surface area contributed by atoms with Crippen molar-refractivity contribution < 1.29 is 18.8 Å². The van der Waals surface area contributed by atoms with Gasteiger partial charge in [0.25, 0.3) is 0 Å². The number of nitrogens with zero attached hydrogens (tertiary/aromatic N) is 6. The number of rotatable bonds is 11. The van der Waals surface area contributed by atoms with Gasteiger partial charge in [0.15, 0.2) is 5.76 Å². The highest BCUT2D eigenvalue weighted by Crippen LogP contribution is 2.36. The van der Waals surface area contributed by atoms with E-state index in [0.717, 1.165) is 52.8 Å². The van der Waals surface area contributed by atoms with Crippen LogP contribution in [0.4, 0.5) is 5.69 Å². The van der Waals surface area contributed by atoms with Crippen LogP contribution in [-0.2, 0) is 14.4 Å². The second-order valence-corrected chi connectivity index (χ2v) is 15.4. The zero-order valence-electron chi connectivity index (χ0n) is 32.8. The maximum absolute atomic E-state index is 14.0. The number of oxazole rings is 1. The van der Waals surface area contributed by atoms with Crippen molar-refractivity contribution in [2.24, 2.45) is 0 Å². The molecule has 0 unspecified atom stereocenters. The Bertz CT molecular complexity index is 2370. The van der Waals surface area contributed by atoms with Crippen molar-refractivity contribution in [1.29, 1.82) is 0 Å². The van der Waals surface area contributed by atoms with E-state index in [0.29, 0.717) is 42.4 Å². The van der Waals surface area contributed by atoms with E-state index in [-0.39, 0.29) is 29.8 Å². The number of H-pyrrole nitrogens is 1. The third-order valence-corrected chi connectivity index (χ3v) is 11.1.